The highest BCUT2D eigenvalue weighted by Crippen LogP contribution is 2.34. The number of hydrogen-bond acceptors (Lipinski definition) is 7. The molecule has 4 rings (SSSR count). The molecule has 2 aromatic rings. The number of piperidine rings is 1. The van der Waals surface area contributed by atoms with Gasteiger partial charge in [-0.3, -0.25) is 14.5 Å². The molecule has 2 aromatic carbocycles. The standard InChI is InChI=1S/C27H33N3O5/c1-4-35-27(32)24-7-5-6-16-29(24)18-26(31)30-25(20-10-14-22(34-3)15-11-20)17-23(28-30)19-8-12-21(33-2)13-9-19/h8-15,24-25H,4-7,16-18H2,1-3H3/t24-,25-/m1/s1. The van der Waals surface area contributed by atoms with Gasteiger partial charge in [0.15, 0.2) is 0 Å². The summed E-state index contributed by atoms with van der Waals surface area (Å²) in [7, 11) is 3.26. The summed E-state index contributed by atoms with van der Waals surface area (Å²) in [5.41, 5.74) is 2.76. The van der Waals surface area contributed by atoms with E-state index in [9.17, 15) is 9.59 Å². The maximum Gasteiger partial charge on any atom is 0.323 e. The minimum atomic E-state index is -0.389. The van der Waals surface area contributed by atoms with Crippen molar-refractivity contribution in [3.8, 4) is 11.5 Å². The lowest BCUT2D eigenvalue weighted by Crippen LogP contribution is -2.49. The first-order valence-electron chi connectivity index (χ1n) is 12.1. The van der Waals surface area contributed by atoms with Crippen molar-refractivity contribution in [3.63, 3.8) is 0 Å². The predicted molar refractivity (Wildman–Crippen MR) is 133 cm³/mol. The van der Waals surface area contributed by atoms with Crippen molar-refractivity contribution in [2.45, 2.75) is 44.7 Å². The van der Waals surface area contributed by atoms with Crippen LogP contribution in [0.5, 0.6) is 11.5 Å². The van der Waals surface area contributed by atoms with E-state index in [0.717, 1.165) is 41.2 Å². The zero-order valence-electron chi connectivity index (χ0n) is 20.6. The zero-order valence-corrected chi connectivity index (χ0v) is 20.6. The molecule has 0 aromatic heterocycles. The Labute approximate surface area is 206 Å². The summed E-state index contributed by atoms with van der Waals surface area (Å²) < 4.78 is 15.8. The van der Waals surface area contributed by atoms with Gasteiger partial charge in [0.2, 0.25) is 0 Å². The molecule has 0 N–H and O–H groups in total. The largest absolute Gasteiger partial charge is 0.497 e. The van der Waals surface area contributed by atoms with Crippen LogP contribution in [0.2, 0.25) is 0 Å². The van der Waals surface area contributed by atoms with Crippen LogP contribution in [0, 0.1) is 0 Å². The number of likely N-dealkylation sites (tertiary alicyclic amines) is 1. The third-order valence-corrected chi connectivity index (χ3v) is 6.60. The third kappa shape index (κ3) is 5.65. The summed E-state index contributed by atoms with van der Waals surface area (Å²) in [5, 5.41) is 6.35. The number of hydrazone groups is 1. The van der Waals surface area contributed by atoms with Crippen molar-refractivity contribution in [1.82, 2.24) is 9.91 Å². The van der Waals surface area contributed by atoms with E-state index in [0.29, 0.717) is 26.0 Å². The van der Waals surface area contributed by atoms with Crippen LogP contribution in [0.3, 0.4) is 0 Å². The van der Waals surface area contributed by atoms with Crippen molar-refractivity contribution in [1.29, 1.82) is 0 Å². The van der Waals surface area contributed by atoms with Crippen LogP contribution in [-0.4, -0.2) is 67.5 Å². The van der Waals surface area contributed by atoms with Gasteiger partial charge in [0.05, 0.1) is 39.1 Å². The van der Waals surface area contributed by atoms with Crippen molar-refractivity contribution in [2.24, 2.45) is 5.10 Å². The molecule has 8 heteroatoms. The summed E-state index contributed by atoms with van der Waals surface area (Å²) in [6.07, 6.45) is 3.19. The van der Waals surface area contributed by atoms with Crippen molar-refractivity contribution >= 4 is 17.6 Å². The van der Waals surface area contributed by atoms with E-state index in [-0.39, 0.29) is 30.5 Å². The van der Waals surface area contributed by atoms with Crippen molar-refractivity contribution in [3.05, 3.63) is 59.7 Å². The van der Waals surface area contributed by atoms with Crippen LogP contribution in [0.1, 0.15) is 49.8 Å². The maximum atomic E-state index is 13.6. The molecule has 0 spiro atoms. The highest BCUT2D eigenvalue weighted by Gasteiger charge is 2.37. The van der Waals surface area contributed by atoms with Gasteiger partial charge in [-0.05, 0) is 73.8 Å². The summed E-state index contributed by atoms with van der Waals surface area (Å²) >= 11 is 0. The van der Waals surface area contributed by atoms with E-state index < -0.39 is 0 Å². The van der Waals surface area contributed by atoms with Crippen LogP contribution in [0.4, 0.5) is 0 Å². The fraction of sp³-hybridized carbons (Fsp3) is 0.444. The Balaban J connectivity index is 1.59. The second-order valence-electron chi connectivity index (χ2n) is 8.74. The molecule has 1 saturated heterocycles. The average molecular weight is 480 g/mol. The molecule has 186 valence electrons. The highest BCUT2D eigenvalue weighted by molar-refractivity contribution is 6.03. The lowest BCUT2D eigenvalue weighted by atomic mass is 9.98. The molecule has 0 unspecified atom stereocenters. The van der Waals surface area contributed by atoms with Crippen molar-refractivity contribution in [2.75, 3.05) is 33.9 Å². The van der Waals surface area contributed by atoms with E-state index in [4.69, 9.17) is 19.3 Å². The predicted octanol–water partition coefficient (Wildman–Crippen LogP) is 3.80. The van der Waals surface area contributed by atoms with E-state index in [1.807, 2.05) is 53.4 Å². The smallest absolute Gasteiger partial charge is 0.323 e. The van der Waals surface area contributed by atoms with Crippen LogP contribution < -0.4 is 9.47 Å². The van der Waals surface area contributed by atoms with Crippen molar-refractivity contribution < 1.29 is 23.8 Å². The monoisotopic (exact) mass is 479 g/mol. The number of carbonyl (C=O) groups is 2. The van der Waals surface area contributed by atoms with Crippen LogP contribution in [0.15, 0.2) is 53.6 Å². The fourth-order valence-corrected chi connectivity index (χ4v) is 4.72. The number of ether oxygens (including phenoxy) is 3. The molecular weight excluding hydrogens is 446 g/mol. The van der Waals surface area contributed by atoms with E-state index in [2.05, 4.69) is 0 Å². The molecule has 2 aliphatic rings. The summed E-state index contributed by atoms with van der Waals surface area (Å²) in [6, 6.07) is 14.8. The molecule has 2 heterocycles. The number of hydrogen-bond donors (Lipinski definition) is 0. The van der Waals surface area contributed by atoms with Gasteiger partial charge in [0.1, 0.15) is 17.5 Å². The normalized spacial score (nSPS) is 20.3. The number of methoxy groups -OCH3 is 2. The number of carbonyl (C=O) groups excluding carboxylic acids is 2. The fourth-order valence-electron chi connectivity index (χ4n) is 4.72. The van der Waals surface area contributed by atoms with Gasteiger partial charge in [0, 0.05) is 6.42 Å². The van der Waals surface area contributed by atoms with Gasteiger partial charge in [-0.15, -0.1) is 0 Å². The van der Waals surface area contributed by atoms with Crippen LogP contribution in [-0.2, 0) is 14.3 Å². The van der Waals surface area contributed by atoms with Gasteiger partial charge in [0.25, 0.3) is 5.91 Å². The molecule has 2 atom stereocenters. The number of benzene rings is 2. The quantitative estimate of drug-likeness (QED) is 0.536. The summed E-state index contributed by atoms with van der Waals surface area (Å²) in [4.78, 5) is 28.1. The number of nitrogens with zero attached hydrogens (tertiary/aromatic N) is 3. The molecular formula is C27H33N3O5. The molecule has 0 radical (unpaired) electrons. The lowest BCUT2D eigenvalue weighted by Gasteiger charge is -2.34. The van der Waals surface area contributed by atoms with E-state index in [1.165, 1.54) is 0 Å². The van der Waals surface area contributed by atoms with Gasteiger partial charge in [-0.1, -0.05) is 18.6 Å². The maximum absolute atomic E-state index is 13.6. The van der Waals surface area contributed by atoms with Gasteiger partial charge in [-0.2, -0.15) is 5.10 Å². The lowest BCUT2D eigenvalue weighted by molar-refractivity contribution is -0.152. The Morgan fingerprint density at radius 1 is 0.971 bits per heavy atom. The Hall–Kier alpha value is -3.39. The Morgan fingerprint density at radius 2 is 1.63 bits per heavy atom. The average Bonchev–Trinajstić information content (AvgIpc) is 3.35. The first-order valence-corrected chi connectivity index (χ1v) is 12.1. The molecule has 0 bridgehead atoms. The minimum absolute atomic E-state index is 0.121. The van der Waals surface area contributed by atoms with Crippen LogP contribution >= 0.6 is 0 Å². The molecule has 35 heavy (non-hydrogen) atoms. The summed E-state index contributed by atoms with van der Waals surface area (Å²) in [5.74, 6) is 1.13. The SMILES string of the molecule is CCOC(=O)[C@H]1CCCCN1CC(=O)N1N=C(c2ccc(OC)cc2)C[C@@H]1c1ccc(OC)cc1. The van der Waals surface area contributed by atoms with E-state index >= 15 is 0 Å². The third-order valence-electron chi connectivity index (χ3n) is 6.60. The Kier molecular flexibility index (Phi) is 8.02. The van der Waals surface area contributed by atoms with Gasteiger partial charge in [-0.25, -0.2) is 5.01 Å². The molecule has 2 aliphatic heterocycles. The number of amides is 1. The van der Waals surface area contributed by atoms with Crippen LogP contribution in [0.25, 0.3) is 0 Å². The second kappa shape index (κ2) is 11.4. The second-order valence-corrected chi connectivity index (χ2v) is 8.74. The topological polar surface area (TPSA) is 80.7 Å². The molecule has 0 saturated carbocycles. The summed E-state index contributed by atoms with van der Waals surface area (Å²) in [6.45, 7) is 2.94. The van der Waals surface area contributed by atoms with Gasteiger partial charge < -0.3 is 14.2 Å². The molecule has 0 aliphatic carbocycles. The highest BCUT2D eigenvalue weighted by atomic mass is 16.5. The number of rotatable bonds is 8. The minimum Gasteiger partial charge on any atom is -0.497 e. The molecule has 8 nitrogen and oxygen atoms in total. The molecule has 1 amide bonds. The first kappa shape index (κ1) is 24.7. The molecule has 1 fully saturated rings. The van der Waals surface area contributed by atoms with Gasteiger partial charge >= 0.3 is 5.97 Å². The first-order chi connectivity index (χ1) is 17.0. The number of esters is 1. The zero-order chi connectivity index (χ0) is 24.8. The Bertz CT molecular complexity index is 1050. The van der Waals surface area contributed by atoms with E-state index in [1.54, 1.807) is 26.2 Å². The Morgan fingerprint density at radius 3 is 2.26 bits per heavy atom.